The summed E-state index contributed by atoms with van der Waals surface area (Å²) >= 11 is 0. The third-order valence-electron chi connectivity index (χ3n) is 4.78. The van der Waals surface area contributed by atoms with Gasteiger partial charge in [0.1, 0.15) is 5.75 Å². The fraction of sp³-hybridized carbons (Fsp3) is 0.286. The Bertz CT molecular complexity index is 1110. The molecular formula is C21H22N2O6S. The molecule has 1 atom stereocenters. The molecule has 1 aliphatic rings. The van der Waals surface area contributed by atoms with Gasteiger partial charge < -0.3 is 4.74 Å². The summed E-state index contributed by atoms with van der Waals surface area (Å²) in [5.41, 5.74) is 0.281. The van der Waals surface area contributed by atoms with E-state index < -0.39 is 40.3 Å². The van der Waals surface area contributed by atoms with Gasteiger partial charge in [0.15, 0.2) is 11.9 Å². The number of amides is 2. The van der Waals surface area contributed by atoms with Gasteiger partial charge in [0.2, 0.25) is 10.0 Å². The van der Waals surface area contributed by atoms with Crippen LogP contribution in [0.1, 0.15) is 34.1 Å². The van der Waals surface area contributed by atoms with E-state index in [9.17, 15) is 22.8 Å². The van der Waals surface area contributed by atoms with Gasteiger partial charge in [0, 0.05) is 19.7 Å². The molecule has 0 bridgehead atoms. The molecule has 0 aromatic heterocycles. The topological polar surface area (TPSA) is 101 Å². The summed E-state index contributed by atoms with van der Waals surface area (Å²) in [7, 11) is -0.953. The van der Waals surface area contributed by atoms with Crippen LogP contribution in [0, 0.1) is 0 Å². The highest BCUT2D eigenvalue weighted by Gasteiger charge is 2.36. The Balaban J connectivity index is 1.94. The summed E-state index contributed by atoms with van der Waals surface area (Å²) in [6.45, 7) is 1.23. The molecule has 0 saturated carbocycles. The molecule has 9 heteroatoms. The van der Waals surface area contributed by atoms with Gasteiger partial charge in [-0.05, 0) is 30.7 Å². The minimum Gasteiger partial charge on any atom is -0.480 e. The average molecular weight is 430 g/mol. The second-order valence-electron chi connectivity index (χ2n) is 6.98. The number of hydrogen-bond donors (Lipinski definition) is 0. The number of benzene rings is 2. The van der Waals surface area contributed by atoms with Gasteiger partial charge in [0.05, 0.1) is 17.0 Å². The molecule has 0 aliphatic carbocycles. The maximum Gasteiger partial charge on any atom is 0.270 e. The van der Waals surface area contributed by atoms with Crippen LogP contribution in [0.4, 0.5) is 0 Å². The number of rotatable bonds is 6. The lowest BCUT2D eigenvalue weighted by Gasteiger charge is -2.21. The van der Waals surface area contributed by atoms with Crippen LogP contribution in [-0.4, -0.2) is 62.0 Å². The van der Waals surface area contributed by atoms with Crippen LogP contribution in [0.25, 0.3) is 0 Å². The van der Waals surface area contributed by atoms with E-state index in [1.54, 1.807) is 25.1 Å². The minimum atomic E-state index is -3.73. The zero-order valence-corrected chi connectivity index (χ0v) is 17.7. The maximum absolute atomic E-state index is 13.0. The molecule has 2 aromatic rings. The Morgan fingerprint density at radius 1 is 1.10 bits per heavy atom. The van der Waals surface area contributed by atoms with Gasteiger partial charge in [-0.3, -0.25) is 19.3 Å². The van der Waals surface area contributed by atoms with Crippen molar-refractivity contribution in [3.05, 3.63) is 59.7 Å². The fourth-order valence-electron chi connectivity index (χ4n) is 3.05. The highest BCUT2D eigenvalue weighted by molar-refractivity contribution is 7.89. The number of Topliss-reactive ketones (excluding diaryl/α,β-unsaturated/α-hetero) is 1. The molecule has 2 amide bonds. The summed E-state index contributed by atoms with van der Waals surface area (Å²) in [5, 5.41) is 0. The van der Waals surface area contributed by atoms with Crippen LogP contribution in [0.5, 0.6) is 5.75 Å². The molecule has 2 aromatic carbocycles. The van der Waals surface area contributed by atoms with E-state index in [1.165, 1.54) is 44.4 Å². The van der Waals surface area contributed by atoms with Crippen molar-refractivity contribution in [2.24, 2.45) is 0 Å². The number of carbonyl (C=O) groups is 3. The molecule has 0 saturated heterocycles. The van der Waals surface area contributed by atoms with Crippen LogP contribution in [0.3, 0.4) is 0 Å². The van der Waals surface area contributed by atoms with Gasteiger partial charge >= 0.3 is 0 Å². The van der Waals surface area contributed by atoms with Crippen LogP contribution < -0.4 is 4.74 Å². The lowest BCUT2D eigenvalue weighted by atomic mass is 10.1. The second-order valence-corrected chi connectivity index (χ2v) is 9.13. The normalized spacial score (nSPS) is 16.8. The Morgan fingerprint density at radius 2 is 1.80 bits per heavy atom. The predicted molar refractivity (Wildman–Crippen MR) is 109 cm³/mol. The van der Waals surface area contributed by atoms with E-state index >= 15 is 0 Å². The molecule has 1 aliphatic heterocycles. The van der Waals surface area contributed by atoms with Crippen molar-refractivity contribution in [1.82, 2.24) is 9.21 Å². The minimum absolute atomic E-state index is 0.0491. The van der Waals surface area contributed by atoms with Crippen molar-refractivity contribution in [3.8, 4) is 5.75 Å². The fourth-order valence-corrected chi connectivity index (χ4v) is 4.00. The summed E-state index contributed by atoms with van der Waals surface area (Å²) in [4.78, 5) is 39.5. The summed E-state index contributed by atoms with van der Waals surface area (Å²) in [6.07, 6.45) is -0.576. The zero-order chi connectivity index (χ0) is 22.1. The van der Waals surface area contributed by atoms with E-state index in [-0.39, 0.29) is 21.8 Å². The van der Waals surface area contributed by atoms with Crippen molar-refractivity contribution in [3.63, 3.8) is 0 Å². The van der Waals surface area contributed by atoms with E-state index in [4.69, 9.17) is 4.74 Å². The largest absolute Gasteiger partial charge is 0.480 e. The van der Waals surface area contributed by atoms with E-state index in [2.05, 4.69) is 0 Å². The molecule has 8 nitrogen and oxygen atoms in total. The number of nitrogens with zero attached hydrogens (tertiary/aromatic N) is 2. The second kappa shape index (κ2) is 8.37. The third-order valence-corrected chi connectivity index (χ3v) is 6.59. The standard InChI is InChI=1S/C21H22N2O6S/c1-4-18-21(26)23(20(25)16-10-5-6-11-19(16)29-18)13-17(24)14-8-7-9-15(12-14)30(27,28)22(2)3/h5-12,18H,4,13H2,1-3H3/t18-/m0/s1. The van der Waals surface area contributed by atoms with Crippen molar-refractivity contribution in [2.75, 3.05) is 20.6 Å². The van der Waals surface area contributed by atoms with Gasteiger partial charge in [-0.25, -0.2) is 12.7 Å². The quantitative estimate of drug-likeness (QED) is 0.513. The molecule has 1 heterocycles. The highest BCUT2D eigenvalue weighted by atomic mass is 32.2. The number of para-hydroxylation sites is 1. The Kier molecular flexibility index (Phi) is 6.04. The first-order valence-corrected chi connectivity index (χ1v) is 10.8. The lowest BCUT2D eigenvalue weighted by molar-refractivity contribution is -0.135. The SMILES string of the molecule is CC[C@@H]1Oc2ccccc2C(=O)N(CC(=O)c2cccc(S(=O)(=O)N(C)C)c2)C1=O. The van der Waals surface area contributed by atoms with Gasteiger partial charge in [-0.2, -0.15) is 0 Å². The van der Waals surface area contributed by atoms with Crippen LogP contribution in [0.2, 0.25) is 0 Å². The van der Waals surface area contributed by atoms with Crippen molar-refractivity contribution in [2.45, 2.75) is 24.3 Å². The molecule has 0 unspecified atom stereocenters. The van der Waals surface area contributed by atoms with Gasteiger partial charge in [-0.1, -0.05) is 31.2 Å². The highest BCUT2D eigenvalue weighted by Crippen LogP contribution is 2.26. The van der Waals surface area contributed by atoms with Crippen molar-refractivity contribution < 1.29 is 27.5 Å². The molecule has 0 radical (unpaired) electrons. The van der Waals surface area contributed by atoms with Crippen LogP contribution >= 0.6 is 0 Å². The Labute approximate surface area is 175 Å². The molecule has 158 valence electrons. The third kappa shape index (κ3) is 3.99. The Hall–Kier alpha value is -3.04. The van der Waals surface area contributed by atoms with Crippen LogP contribution in [-0.2, 0) is 14.8 Å². The number of ether oxygens (including phenoxy) is 1. The monoisotopic (exact) mass is 430 g/mol. The maximum atomic E-state index is 13.0. The first-order valence-electron chi connectivity index (χ1n) is 9.34. The van der Waals surface area contributed by atoms with E-state index in [0.717, 1.165) is 9.21 Å². The molecular weight excluding hydrogens is 408 g/mol. The Morgan fingerprint density at radius 3 is 2.47 bits per heavy atom. The molecule has 3 rings (SSSR count). The lowest BCUT2D eigenvalue weighted by Crippen LogP contribution is -2.45. The summed E-state index contributed by atoms with van der Waals surface area (Å²) in [6, 6.07) is 12.0. The number of sulfonamides is 1. The molecule has 30 heavy (non-hydrogen) atoms. The van der Waals surface area contributed by atoms with Gasteiger partial charge in [0.25, 0.3) is 11.8 Å². The predicted octanol–water partition coefficient (Wildman–Crippen LogP) is 1.96. The van der Waals surface area contributed by atoms with E-state index in [1.807, 2.05) is 0 Å². The summed E-state index contributed by atoms with van der Waals surface area (Å²) < 4.78 is 31.4. The number of fused-ring (bicyclic) bond motifs is 1. The summed E-state index contributed by atoms with van der Waals surface area (Å²) in [5.74, 6) is -1.50. The van der Waals surface area contributed by atoms with Crippen molar-refractivity contribution in [1.29, 1.82) is 0 Å². The van der Waals surface area contributed by atoms with E-state index in [0.29, 0.717) is 6.42 Å². The molecule has 0 spiro atoms. The van der Waals surface area contributed by atoms with Crippen molar-refractivity contribution >= 4 is 27.6 Å². The number of hydrogen-bond acceptors (Lipinski definition) is 6. The smallest absolute Gasteiger partial charge is 0.270 e. The number of imide groups is 1. The number of carbonyl (C=O) groups excluding carboxylic acids is 3. The first-order chi connectivity index (χ1) is 14.2. The zero-order valence-electron chi connectivity index (χ0n) is 16.9. The first kappa shape index (κ1) is 21.7. The van der Waals surface area contributed by atoms with Gasteiger partial charge in [-0.15, -0.1) is 0 Å². The average Bonchev–Trinajstić information content (AvgIpc) is 2.83. The van der Waals surface area contributed by atoms with Crippen LogP contribution in [0.15, 0.2) is 53.4 Å². The molecule has 0 N–H and O–H groups in total. The molecule has 0 fully saturated rings. The number of ketones is 1.